The summed E-state index contributed by atoms with van der Waals surface area (Å²) in [5, 5.41) is 3.47. The molecule has 2 fully saturated rings. The Balaban J connectivity index is 0.00000261. The lowest BCUT2D eigenvalue weighted by Gasteiger charge is -2.30. The Morgan fingerprint density at radius 2 is 2.04 bits per heavy atom. The Kier molecular flexibility index (Phi) is 8.24. The number of amides is 1. The summed E-state index contributed by atoms with van der Waals surface area (Å²) < 4.78 is 10.9. The zero-order valence-electron chi connectivity index (χ0n) is 16.7. The Morgan fingerprint density at radius 3 is 2.63 bits per heavy atom. The molecule has 6 heteroatoms. The number of carbonyl (C=O) groups excluding carboxylic acids is 1. The van der Waals surface area contributed by atoms with Crippen molar-refractivity contribution in [3.8, 4) is 11.5 Å². The van der Waals surface area contributed by atoms with E-state index in [0.717, 1.165) is 43.0 Å². The van der Waals surface area contributed by atoms with Crippen molar-refractivity contribution in [2.24, 2.45) is 11.8 Å². The summed E-state index contributed by atoms with van der Waals surface area (Å²) in [4.78, 5) is 15.1. The minimum Gasteiger partial charge on any atom is -0.497 e. The summed E-state index contributed by atoms with van der Waals surface area (Å²) in [6.45, 7) is 4.98. The number of hydrogen-bond acceptors (Lipinski definition) is 4. The average Bonchev–Trinajstić information content (AvgIpc) is 3.51. The van der Waals surface area contributed by atoms with Crippen LogP contribution in [0, 0.1) is 11.8 Å². The molecule has 1 aliphatic heterocycles. The van der Waals surface area contributed by atoms with E-state index >= 15 is 0 Å². The second-order valence-corrected chi connectivity index (χ2v) is 7.72. The average molecular weight is 397 g/mol. The van der Waals surface area contributed by atoms with Crippen molar-refractivity contribution in [2.45, 2.75) is 51.6 Å². The number of ether oxygens (including phenoxy) is 2. The lowest BCUT2D eigenvalue weighted by atomic mass is 9.85. The van der Waals surface area contributed by atoms with Crippen molar-refractivity contribution in [3.63, 3.8) is 0 Å². The second-order valence-electron chi connectivity index (χ2n) is 7.72. The third-order valence-electron chi connectivity index (χ3n) is 5.77. The fourth-order valence-electron chi connectivity index (χ4n) is 3.92. The van der Waals surface area contributed by atoms with Gasteiger partial charge in [-0.3, -0.25) is 4.79 Å². The highest BCUT2D eigenvalue weighted by molar-refractivity contribution is 5.85. The van der Waals surface area contributed by atoms with E-state index in [4.69, 9.17) is 9.47 Å². The van der Waals surface area contributed by atoms with Crippen LogP contribution in [0.1, 0.15) is 44.6 Å². The van der Waals surface area contributed by atoms with E-state index < -0.39 is 0 Å². The third-order valence-corrected chi connectivity index (χ3v) is 5.77. The third kappa shape index (κ3) is 5.76. The highest BCUT2D eigenvalue weighted by Gasteiger charge is 2.34. The Morgan fingerprint density at radius 1 is 1.26 bits per heavy atom. The van der Waals surface area contributed by atoms with E-state index in [9.17, 15) is 4.79 Å². The summed E-state index contributed by atoms with van der Waals surface area (Å²) in [5.74, 6) is 2.92. The molecule has 1 N–H and O–H groups in total. The molecule has 2 atom stereocenters. The number of hydrogen-bond donors (Lipinski definition) is 1. The zero-order chi connectivity index (χ0) is 18.5. The smallest absolute Gasteiger partial charge is 0.223 e. The van der Waals surface area contributed by atoms with E-state index in [1.165, 1.54) is 12.8 Å². The molecule has 2 aliphatic rings. The summed E-state index contributed by atoms with van der Waals surface area (Å²) >= 11 is 0. The number of nitrogens with one attached hydrogen (secondary N) is 1. The van der Waals surface area contributed by atoms with E-state index in [1.54, 1.807) is 14.2 Å². The number of methoxy groups -OCH3 is 2. The summed E-state index contributed by atoms with van der Waals surface area (Å²) in [7, 11) is 3.34. The van der Waals surface area contributed by atoms with Crippen molar-refractivity contribution in [2.75, 3.05) is 27.3 Å². The number of carbonyl (C=O) groups is 1. The zero-order valence-corrected chi connectivity index (χ0v) is 17.5. The molecule has 0 spiro atoms. The molecule has 1 aliphatic carbocycles. The highest BCUT2D eigenvalue weighted by atomic mass is 35.5. The molecule has 27 heavy (non-hydrogen) atoms. The van der Waals surface area contributed by atoms with Crippen LogP contribution in [0.2, 0.25) is 0 Å². The molecule has 0 bridgehead atoms. The Labute approximate surface area is 169 Å². The van der Waals surface area contributed by atoms with Gasteiger partial charge in [0.2, 0.25) is 5.91 Å². The van der Waals surface area contributed by atoms with Crippen LogP contribution in [0.25, 0.3) is 0 Å². The van der Waals surface area contributed by atoms with Gasteiger partial charge in [-0.15, -0.1) is 12.4 Å². The summed E-state index contributed by atoms with van der Waals surface area (Å²) in [6, 6.07) is 6.18. The van der Waals surface area contributed by atoms with Gasteiger partial charge in [-0.2, -0.15) is 0 Å². The van der Waals surface area contributed by atoms with Gasteiger partial charge in [-0.25, -0.2) is 0 Å². The van der Waals surface area contributed by atoms with Crippen LogP contribution in [-0.4, -0.2) is 44.2 Å². The van der Waals surface area contributed by atoms with Gasteiger partial charge in [0.05, 0.1) is 14.2 Å². The second kappa shape index (κ2) is 10.2. The first kappa shape index (κ1) is 21.8. The SMILES string of the molecule is COc1ccc(OC)c(CN(C(=O)CC(C)C2CCCNC2)C2CC2)c1.Cl. The first-order valence-corrected chi connectivity index (χ1v) is 9.83. The number of halogens is 1. The van der Waals surface area contributed by atoms with E-state index in [1.807, 2.05) is 18.2 Å². The van der Waals surface area contributed by atoms with Crippen LogP contribution in [0.15, 0.2) is 18.2 Å². The minimum absolute atomic E-state index is 0. The van der Waals surface area contributed by atoms with Gasteiger partial charge in [0.15, 0.2) is 0 Å². The maximum absolute atomic E-state index is 13.1. The number of benzene rings is 1. The quantitative estimate of drug-likeness (QED) is 0.728. The van der Waals surface area contributed by atoms with Crippen molar-refractivity contribution in [1.29, 1.82) is 0 Å². The van der Waals surface area contributed by atoms with Crippen LogP contribution in [0.3, 0.4) is 0 Å². The molecule has 3 rings (SSSR count). The maximum Gasteiger partial charge on any atom is 0.223 e. The first-order chi connectivity index (χ1) is 12.6. The lowest BCUT2D eigenvalue weighted by Crippen LogP contribution is -2.38. The van der Waals surface area contributed by atoms with Gasteiger partial charge in [0, 0.05) is 24.6 Å². The van der Waals surface area contributed by atoms with Gasteiger partial charge < -0.3 is 19.7 Å². The molecule has 0 aromatic heterocycles. The molecule has 1 aromatic carbocycles. The molecule has 1 saturated heterocycles. The normalized spacial score (nSPS) is 20.3. The van der Waals surface area contributed by atoms with Gasteiger partial charge in [-0.1, -0.05) is 6.92 Å². The maximum atomic E-state index is 13.1. The van der Waals surface area contributed by atoms with Crippen LogP contribution in [0.5, 0.6) is 11.5 Å². The predicted octanol–water partition coefficient (Wildman–Crippen LogP) is 3.64. The molecule has 1 aromatic rings. The number of rotatable bonds is 8. The van der Waals surface area contributed by atoms with Gasteiger partial charge >= 0.3 is 0 Å². The first-order valence-electron chi connectivity index (χ1n) is 9.83. The minimum atomic E-state index is 0. The highest BCUT2D eigenvalue weighted by Crippen LogP contribution is 2.33. The number of nitrogens with zero attached hydrogens (tertiary/aromatic N) is 1. The monoisotopic (exact) mass is 396 g/mol. The van der Waals surface area contributed by atoms with Crippen LogP contribution in [0.4, 0.5) is 0 Å². The Bertz CT molecular complexity index is 615. The van der Waals surface area contributed by atoms with E-state index in [0.29, 0.717) is 30.8 Å². The van der Waals surface area contributed by atoms with Crippen LogP contribution in [-0.2, 0) is 11.3 Å². The van der Waals surface area contributed by atoms with Gasteiger partial charge in [0.25, 0.3) is 0 Å². The molecule has 5 nitrogen and oxygen atoms in total. The number of piperidine rings is 1. The van der Waals surface area contributed by atoms with Gasteiger partial charge in [-0.05, 0) is 68.8 Å². The standard InChI is InChI=1S/C21H32N2O3.ClH/c1-15(16-5-4-10-22-13-16)11-21(24)23(18-6-7-18)14-17-12-19(25-2)8-9-20(17)26-3;/h8-9,12,15-16,18,22H,4-7,10-11,13-14H2,1-3H3;1H. The molecule has 152 valence electrons. The van der Waals surface area contributed by atoms with Crippen LogP contribution >= 0.6 is 12.4 Å². The molecule has 1 amide bonds. The van der Waals surface area contributed by atoms with Crippen molar-refractivity contribution in [3.05, 3.63) is 23.8 Å². The van der Waals surface area contributed by atoms with E-state index in [2.05, 4.69) is 17.1 Å². The molecule has 1 saturated carbocycles. The van der Waals surface area contributed by atoms with Gasteiger partial charge in [0.1, 0.15) is 11.5 Å². The molecular formula is C21H33ClN2O3. The van der Waals surface area contributed by atoms with Crippen molar-refractivity contribution >= 4 is 18.3 Å². The predicted molar refractivity (Wildman–Crippen MR) is 110 cm³/mol. The molecular weight excluding hydrogens is 364 g/mol. The lowest BCUT2D eigenvalue weighted by molar-refractivity contribution is -0.133. The molecule has 2 unspecified atom stereocenters. The van der Waals surface area contributed by atoms with Crippen molar-refractivity contribution in [1.82, 2.24) is 10.2 Å². The summed E-state index contributed by atoms with van der Waals surface area (Å²) in [5.41, 5.74) is 1.01. The summed E-state index contributed by atoms with van der Waals surface area (Å²) in [6.07, 6.45) is 5.30. The molecule has 1 heterocycles. The van der Waals surface area contributed by atoms with E-state index in [-0.39, 0.29) is 18.3 Å². The fraction of sp³-hybridized carbons (Fsp3) is 0.667. The Hall–Kier alpha value is -1.46. The topological polar surface area (TPSA) is 50.8 Å². The van der Waals surface area contributed by atoms with Crippen LogP contribution < -0.4 is 14.8 Å². The molecule has 0 radical (unpaired) electrons. The largest absolute Gasteiger partial charge is 0.497 e. The van der Waals surface area contributed by atoms with Crippen molar-refractivity contribution < 1.29 is 14.3 Å². The fourth-order valence-corrected chi connectivity index (χ4v) is 3.92.